The normalized spacial score (nSPS) is 22.3. The molecular formula is C11H9ClN2O2S2. The molecule has 2 heterocycles. The largest absolute Gasteiger partial charge is 0.333 e. The van der Waals surface area contributed by atoms with Gasteiger partial charge in [0, 0.05) is 10.4 Å². The van der Waals surface area contributed by atoms with Crippen molar-refractivity contribution in [2.45, 2.75) is 10.4 Å². The Morgan fingerprint density at radius 3 is 2.83 bits per heavy atom. The molecule has 0 radical (unpaired) electrons. The minimum absolute atomic E-state index is 0.0353. The third kappa shape index (κ3) is 2.28. The maximum absolute atomic E-state index is 11.4. The molecule has 1 aromatic carbocycles. The predicted octanol–water partition coefficient (Wildman–Crippen LogP) is 2.53. The Morgan fingerprint density at radius 1 is 1.39 bits per heavy atom. The highest BCUT2D eigenvalue weighted by atomic mass is 35.5. The van der Waals surface area contributed by atoms with Crippen molar-refractivity contribution in [3.05, 3.63) is 34.7 Å². The fraction of sp³-hybridized carbons (Fsp3) is 0.182. The third-order valence-electron chi connectivity index (χ3n) is 2.60. The van der Waals surface area contributed by atoms with Crippen molar-refractivity contribution < 1.29 is 8.42 Å². The van der Waals surface area contributed by atoms with Crippen LogP contribution >= 0.6 is 23.4 Å². The minimum Gasteiger partial charge on any atom is -0.333 e. The lowest BCUT2D eigenvalue weighted by molar-refractivity contribution is 0.606. The Kier molecular flexibility index (Phi) is 2.88. The molecule has 1 aromatic heterocycles. The van der Waals surface area contributed by atoms with Gasteiger partial charge in [-0.05, 0) is 12.1 Å². The molecular weight excluding hydrogens is 292 g/mol. The van der Waals surface area contributed by atoms with Gasteiger partial charge in [0.25, 0.3) is 0 Å². The van der Waals surface area contributed by atoms with Crippen molar-refractivity contribution in [3.63, 3.8) is 0 Å². The lowest BCUT2D eigenvalue weighted by Crippen LogP contribution is -2.08. The highest BCUT2D eigenvalue weighted by Gasteiger charge is 2.30. The monoisotopic (exact) mass is 300 g/mol. The fourth-order valence-electron chi connectivity index (χ4n) is 1.80. The summed E-state index contributed by atoms with van der Waals surface area (Å²) in [6, 6.07) is 7.65. The second kappa shape index (κ2) is 4.29. The molecule has 2 aromatic rings. The van der Waals surface area contributed by atoms with Crippen molar-refractivity contribution >= 4 is 44.2 Å². The van der Waals surface area contributed by atoms with Crippen molar-refractivity contribution in [3.8, 4) is 0 Å². The number of fused-ring (bicyclic) bond motifs is 1. The van der Waals surface area contributed by atoms with Crippen LogP contribution in [0.25, 0.3) is 11.0 Å². The van der Waals surface area contributed by atoms with Gasteiger partial charge in [-0.25, -0.2) is 13.4 Å². The van der Waals surface area contributed by atoms with Gasteiger partial charge in [0.05, 0.1) is 22.0 Å². The number of benzene rings is 1. The summed E-state index contributed by atoms with van der Waals surface area (Å²) < 4.78 is 22.8. The van der Waals surface area contributed by atoms with Crippen molar-refractivity contribution in [2.24, 2.45) is 0 Å². The number of sulfone groups is 1. The summed E-state index contributed by atoms with van der Waals surface area (Å²) >= 11 is 7.27. The van der Waals surface area contributed by atoms with E-state index in [1.165, 1.54) is 11.8 Å². The van der Waals surface area contributed by atoms with E-state index in [0.717, 1.165) is 16.4 Å². The van der Waals surface area contributed by atoms with E-state index in [9.17, 15) is 8.42 Å². The van der Waals surface area contributed by atoms with E-state index in [1.807, 2.05) is 24.3 Å². The molecule has 1 N–H and O–H groups in total. The lowest BCUT2D eigenvalue weighted by atomic mass is 10.3. The molecule has 7 heteroatoms. The number of imidazole rings is 1. The van der Waals surface area contributed by atoms with Gasteiger partial charge in [0.2, 0.25) is 0 Å². The zero-order chi connectivity index (χ0) is 12.8. The molecule has 0 unspecified atom stereocenters. The van der Waals surface area contributed by atoms with E-state index < -0.39 is 9.84 Å². The van der Waals surface area contributed by atoms with Crippen LogP contribution in [0.5, 0.6) is 0 Å². The molecule has 0 spiro atoms. The SMILES string of the molecule is O=S1(=O)C=C(Cl)[C@@H](Sc2nc3ccccc3[nH]2)C1. The number of hydrogen-bond donors (Lipinski definition) is 1. The van der Waals surface area contributed by atoms with Gasteiger partial charge in [-0.3, -0.25) is 0 Å². The smallest absolute Gasteiger partial charge is 0.174 e. The molecule has 94 valence electrons. The summed E-state index contributed by atoms with van der Waals surface area (Å²) in [6.07, 6.45) is 0. The number of aromatic nitrogens is 2. The molecule has 0 fully saturated rings. The third-order valence-corrected chi connectivity index (χ3v) is 5.98. The molecule has 0 saturated carbocycles. The van der Waals surface area contributed by atoms with Crippen LogP contribution in [0.15, 0.2) is 39.9 Å². The van der Waals surface area contributed by atoms with Crippen molar-refractivity contribution in [1.29, 1.82) is 0 Å². The number of rotatable bonds is 2. The van der Waals surface area contributed by atoms with Crippen LogP contribution in [0.3, 0.4) is 0 Å². The second-order valence-electron chi connectivity index (χ2n) is 4.00. The number of H-pyrrole nitrogens is 1. The molecule has 3 rings (SSSR count). The summed E-state index contributed by atoms with van der Waals surface area (Å²) in [4.78, 5) is 7.53. The fourth-order valence-corrected chi connectivity index (χ4v) is 5.41. The molecule has 0 amide bonds. The van der Waals surface area contributed by atoms with Crippen LogP contribution < -0.4 is 0 Å². The quantitative estimate of drug-likeness (QED) is 0.926. The predicted molar refractivity (Wildman–Crippen MR) is 73.5 cm³/mol. The molecule has 0 bridgehead atoms. The van der Waals surface area contributed by atoms with E-state index in [0.29, 0.717) is 10.2 Å². The van der Waals surface area contributed by atoms with Crippen LogP contribution in [0.1, 0.15) is 0 Å². The Morgan fingerprint density at radius 2 is 2.17 bits per heavy atom. The zero-order valence-electron chi connectivity index (χ0n) is 9.13. The molecule has 1 atom stereocenters. The number of hydrogen-bond acceptors (Lipinski definition) is 4. The first-order valence-corrected chi connectivity index (χ1v) is 8.22. The Balaban J connectivity index is 1.88. The van der Waals surface area contributed by atoms with Gasteiger partial charge in [-0.15, -0.1) is 0 Å². The molecule has 18 heavy (non-hydrogen) atoms. The Labute approximate surface area is 113 Å². The number of para-hydroxylation sites is 2. The van der Waals surface area contributed by atoms with Crippen molar-refractivity contribution in [1.82, 2.24) is 9.97 Å². The van der Waals surface area contributed by atoms with E-state index in [-0.39, 0.29) is 11.0 Å². The first-order chi connectivity index (χ1) is 8.53. The molecule has 0 aliphatic carbocycles. The summed E-state index contributed by atoms with van der Waals surface area (Å²) in [7, 11) is -3.15. The van der Waals surface area contributed by atoms with Crippen LogP contribution in [0, 0.1) is 0 Å². The van der Waals surface area contributed by atoms with Gasteiger partial charge in [0.15, 0.2) is 15.0 Å². The van der Waals surface area contributed by atoms with Gasteiger partial charge in [-0.1, -0.05) is 35.5 Å². The van der Waals surface area contributed by atoms with Gasteiger partial charge >= 0.3 is 0 Å². The van der Waals surface area contributed by atoms with Crippen molar-refractivity contribution in [2.75, 3.05) is 5.75 Å². The summed E-state index contributed by atoms with van der Waals surface area (Å²) in [5, 5.41) is 1.91. The number of halogens is 1. The second-order valence-corrected chi connectivity index (χ2v) is 7.52. The lowest BCUT2D eigenvalue weighted by Gasteiger charge is -2.05. The van der Waals surface area contributed by atoms with Gasteiger partial charge < -0.3 is 4.98 Å². The number of nitrogens with one attached hydrogen (secondary N) is 1. The Bertz CT molecular complexity index is 703. The molecule has 1 aliphatic heterocycles. The highest BCUT2D eigenvalue weighted by molar-refractivity contribution is 8.02. The number of aromatic amines is 1. The standard InChI is InChI=1S/C11H9ClN2O2S2/c12-7-5-18(15,16)6-10(7)17-11-13-8-3-1-2-4-9(8)14-11/h1-5,10H,6H2,(H,13,14)/t10-/m0/s1. The summed E-state index contributed by atoms with van der Waals surface area (Å²) in [5.41, 5.74) is 1.79. The van der Waals surface area contributed by atoms with Crippen LogP contribution in [-0.2, 0) is 9.84 Å². The number of nitrogens with zero attached hydrogens (tertiary/aromatic N) is 1. The molecule has 0 saturated heterocycles. The van der Waals surface area contributed by atoms with E-state index in [1.54, 1.807) is 0 Å². The van der Waals surface area contributed by atoms with E-state index in [2.05, 4.69) is 9.97 Å². The Hall–Kier alpha value is -0.980. The summed E-state index contributed by atoms with van der Waals surface area (Å²) in [6.45, 7) is 0. The van der Waals surface area contributed by atoms with Gasteiger partial charge in [-0.2, -0.15) is 0 Å². The average Bonchev–Trinajstić information content (AvgIpc) is 2.79. The van der Waals surface area contributed by atoms with Gasteiger partial charge in [0.1, 0.15) is 0 Å². The van der Waals surface area contributed by atoms with E-state index >= 15 is 0 Å². The topological polar surface area (TPSA) is 62.8 Å². The van der Waals surface area contributed by atoms with Crippen LogP contribution in [0.4, 0.5) is 0 Å². The van der Waals surface area contributed by atoms with Crippen LogP contribution in [0.2, 0.25) is 0 Å². The maximum Gasteiger partial charge on any atom is 0.174 e. The zero-order valence-corrected chi connectivity index (χ0v) is 11.5. The average molecular weight is 301 g/mol. The maximum atomic E-state index is 11.4. The number of thioether (sulfide) groups is 1. The minimum atomic E-state index is -3.15. The first kappa shape index (κ1) is 12.1. The molecule has 4 nitrogen and oxygen atoms in total. The first-order valence-electron chi connectivity index (χ1n) is 5.25. The van der Waals surface area contributed by atoms with E-state index in [4.69, 9.17) is 11.6 Å². The summed E-state index contributed by atoms with van der Waals surface area (Å²) in [5.74, 6) is 0.0353. The molecule has 1 aliphatic rings. The highest BCUT2D eigenvalue weighted by Crippen LogP contribution is 2.34. The van der Waals surface area contributed by atoms with Crippen LogP contribution in [-0.4, -0.2) is 29.4 Å².